The molecule has 0 aromatic carbocycles. The first-order valence-corrected chi connectivity index (χ1v) is 6.43. The monoisotopic (exact) mass is 289 g/mol. The zero-order chi connectivity index (χ0) is 15.7. The molecule has 1 unspecified atom stereocenters. The third kappa shape index (κ3) is 6.93. The molecule has 0 rings (SSSR count). The molecule has 0 saturated carbocycles. The molecule has 0 aliphatic carbocycles. The summed E-state index contributed by atoms with van der Waals surface area (Å²) in [5, 5.41) is 20.1. The molecular weight excluding hydrogens is 266 g/mol. The number of nitrogens with one attached hydrogen (secondary N) is 1. The first-order valence-electron chi connectivity index (χ1n) is 6.43. The van der Waals surface area contributed by atoms with Crippen LogP contribution in [0, 0.1) is 0 Å². The average molecular weight is 289 g/mol. The summed E-state index contributed by atoms with van der Waals surface area (Å²) in [4.78, 5) is 36.6. The van der Waals surface area contributed by atoms with E-state index in [1.807, 2.05) is 6.92 Å². The second-order valence-electron chi connectivity index (χ2n) is 4.58. The first kappa shape index (κ1) is 18.2. The molecule has 3 N–H and O–H groups in total. The van der Waals surface area contributed by atoms with Crippen LogP contribution in [-0.4, -0.2) is 77.8 Å². The number of carboxylic acids is 1. The van der Waals surface area contributed by atoms with Gasteiger partial charge in [0.15, 0.2) is 6.10 Å². The normalized spacial score (nSPS) is 11.6. The molecule has 0 aliphatic rings. The van der Waals surface area contributed by atoms with Gasteiger partial charge in [0.05, 0.1) is 0 Å². The molecule has 0 radical (unpaired) electrons. The summed E-state index contributed by atoms with van der Waals surface area (Å²) in [6.07, 6.45) is -0.882. The SMILES string of the molecule is CCCN(CC(=O)N(C)C)C(=O)NCCC(O)C(=O)O. The summed E-state index contributed by atoms with van der Waals surface area (Å²) in [6.45, 7) is 2.30. The van der Waals surface area contributed by atoms with Crippen LogP contribution in [0.3, 0.4) is 0 Å². The van der Waals surface area contributed by atoms with Gasteiger partial charge in [0.2, 0.25) is 5.91 Å². The summed E-state index contributed by atoms with van der Waals surface area (Å²) in [7, 11) is 3.21. The molecule has 0 saturated heterocycles. The number of aliphatic carboxylic acids is 1. The fourth-order valence-electron chi connectivity index (χ4n) is 1.38. The Bertz CT molecular complexity index is 346. The number of carbonyl (C=O) groups excluding carboxylic acids is 2. The molecule has 8 heteroatoms. The molecular formula is C12H23N3O5. The highest BCUT2D eigenvalue weighted by atomic mass is 16.4. The van der Waals surface area contributed by atoms with Gasteiger partial charge in [-0.3, -0.25) is 4.79 Å². The van der Waals surface area contributed by atoms with Gasteiger partial charge in [-0.25, -0.2) is 9.59 Å². The fourth-order valence-corrected chi connectivity index (χ4v) is 1.38. The number of carboxylic acid groups (broad SMARTS) is 1. The van der Waals surface area contributed by atoms with E-state index in [1.165, 1.54) is 9.80 Å². The van der Waals surface area contributed by atoms with Gasteiger partial charge in [-0.2, -0.15) is 0 Å². The van der Waals surface area contributed by atoms with Crippen LogP contribution in [0.1, 0.15) is 19.8 Å². The highest BCUT2D eigenvalue weighted by Gasteiger charge is 2.18. The Morgan fingerprint density at radius 2 is 1.85 bits per heavy atom. The average Bonchev–Trinajstić information content (AvgIpc) is 2.37. The predicted molar refractivity (Wildman–Crippen MR) is 72.2 cm³/mol. The maximum absolute atomic E-state index is 11.9. The number of aliphatic hydroxyl groups is 1. The van der Waals surface area contributed by atoms with Crippen molar-refractivity contribution in [3.63, 3.8) is 0 Å². The lowest BCUT2D eigenvalue weighted by molar-refractivity contribution is -0.146. The minimum absolute atomic E-state index is 0.0304. The van der Waals surface area contributed by atoms with Crippen LogP contribution in [0.25, 0.3) is 0 Å². The van der Waals surface area contributed by atoms with Crippen molar-refractivity contribution in [2.45, 2.75) is 25.9 Å². The maximum atomic E-state index is 11.9. The van der Waals surface area contributed by atoms with Crippen molar-refractivity contribution in [1.29, 1.82) is 0 Å². The van der Waals surface area contributed by atoms with Crippen molar-refractivity contribution in [2.75, 3.05) is 33.7 Å². The Kier molecular flexibility index (Phi) is 8.30. The number of hydrogen-bond donors (Lipinski definition) is 3. The van der Waals surface area contributed by atoms with E-state index < -0.39 is 18.1 Å². The van der Waals surface area contributed by atoms with Crippen molar-refractivity contribution in [3.05, 3.63) is 0 Å². The van der Waals surface area contributed by atoms with E-state index in [4.69, 9.17) is 10.2 Å². The largest absolute Gasteiger partial charge is 0.479 e. The lowest BCUT2D eigenvalue weighted by Crippen LogP contribution is -2.46. The third-order valence-corrected chi connectivity index (χ3v) is 2.58. The molecule has 8 nitrogen and oxygen atoms in total. The molecule has 0 spiro atoms. The number of rotatable bonds is 8. The molecule has 0 heterocycles. The summed E-state index contributed by atoms with van der Waals surface area (Å²) in [6, 6.07) is -0.445. The number of aliphatic hydroxyl groups excluding tert-OH is 1. The summed E-state index contributed by atoms with van der Waals surface area (Å²) in [5.41, 5.74) is 0. The zero-order valence-electron chi connectivity index (χ0n) is 12.1. The lowest BCUT2D eigenvalue weighted by Gasteiger charge is -2.23. The fraction of sp³-hybridized carbons (Fsp3) is 0.750. The van der Waals surface area contributed by atoms with E-state index in [9.17, 15) is 14.4 Å². The number of nitrogens with zero attached hydrogens (tertiary/aromatic N) is 2. The van der Waals surface area contributed by atoms with Crippen LogP contribution >= 0.6 is 0 Å². The number of amides is 3. The molecule has 20 heavy (non-hydrogen) atoms. The van der Waals surface area contributed by atoms with Crippen LogP contribution in [0.2, 0.25) is 0 Å². The van der Waals surface area contributed by atoms with Crippen molar-refractivity contribution in [1.82, 2.24) is 15.1 Å². The molecule has 3 amide bonds. The van der Waals surface area contributed by atoms with Crippen molar-refractivity contribution < 1.29 is 24.6 Å². The second-order valence-corrected chi connectivity index (χ2v) is 4.58. The standard InChI is InChI=1S/C12H23N3O5/c1-4-7-15(8-10(17)14(2)3)12(20)13-6-5-9(16)11(18)19/h9,16H,4-8H2,1-3H3,(H,13,20)(H,18,19). The number of likely N-dealkylation sites (N-methyl/N-ethyl adjacent to an activating group) is 1. The molecule has 1 atom stereocenters. The van der Waals surface area contributed by atoms with Gasteiger partial charge < -0.3 is 25.3 Å². The second kappa shape index (κ2) is 9.13. The van der Waals surface area contributed by atoms with Gasteiger partial charge in [-0.05, 0) is 6.42 Å². The number of urea groups is 1. The quantitative estimate of drug-likeness (QED) is 0.549. The smallest absolute Gasteiger partial charge is 0.332 e. The lowest BCUT2D eigenvalue weighted by atomic mass is 10.2. The van der Waals surface area contributed by atoms with Crippen LogP contribution < -0.4 is 5.32 Å². The molecule has 0 aromatic heterocycles. The highest BCUT2D eigenvalue weighted by Crippen LogP contribution is 1.96. The Labute approximate surface area is 118 Å². The van der Waals surface area contributed by atoms with Crippen molar-refractivity contribution >= 4 is 17.9 Å². The minimum Gasteiger partial charge on any atom is -0.479 e. The van der Waals surface area contributed by atoms with Gasteiger partial charge >= 0.3 is 12.0 Å². The molecule has 0 fully saturated rings. The van der Waals surface area contributed by atoms with Crippen LogP contribution in [0.15, 0.2) is 0 Å². The maximum Gasteiger partial charge on any atom is 0.332 e. The van der Waals surface area contributed by atoms with E-state index in [-0.39, 0.29) is 25.4 Å². The summed E-state index contributed by atoms with van der Waals surface area (Å²) >= 11 is 0. The predicted octanol–water partition coefficient (Wildman–Crippen LogP) is -0.668. The van der Waals surface area contributed by atoms with E-state index in [0.717, 1.165) is 0 Å². The van der Waals surface area contributed by atoms with Gasteiger partial charge in [0.25, 0.3) is 0 Å². The third-order valence-electron chi connectivity index (χ3n) is 2.58. The topological polar surface area (TPSA) is 110 Å². The number of carbonyl (C=O) groups is 3. The Morgan fingerprint density at radius 3 is 2.30 bits per heavy atom. The Morgan fingerprint density at radius 1 is 1.25 bits per heavy atom. The van der Waals surface area contributed by atoms with Gasteiger partial charge in [0, 0.05) is 33.6 Å². The van der Waals surface area contributed by atoms with Crippen LogP contribution in [0.4, 0.5) is 4.79 Å². The summed E-state index contributed by atoms with van der Waals surface area (Å²) in [5.74, 6) is -1.52. The van der Waals surface area contributed by atoms with E-state index in [2.05, 4.69) is 5.32 Å². The first-order chi connectivity index (χ1) is 9.29. The van der Waals surface area contributed by atoms with E-state index in [0.29, 0.717) is 13.0 Å². The van der Waals surface area contributed by atoms with Gasteiger partial charge in [-0.1, -0.05) is 6.92 Å². The number of hydrogen-bond acceptors (Lipinski definition) is 4. The molecule has 0 bridgehead atoms. The Balaban J connectivity index is 4.29. The van der Waals surface area contributed by atoms with Crippen molar-refractivity contribution in [3.8, 4) is 0 Å². The highest BCUT2D eigenvalue weighted by molar-refractivity contribution is 5.83. The summed E-state index contributed by atoms with van der Waals surface area (Å²) < 4.78 is 0. The van der Waals surface area contributed by atoms with Crippen molar-refractivity contribution in [2.24, 2.45) is 0 Å². The van der Waals surface area contributed by atoms with E-state index in [1.54, 1.807) is 14.1 Å². The Hall–Kier alpha value is -1.83. The zero-order valence-corrected chi connectivity index (χ0v) is 12.1. The minimum atomic E-state index is -1.50. The molecule has 0 aliphatic heterocycles. The van der Waals surface area contributed by atoms with Gasteiger partial charge in [0.1, 0.15) is 6.54 Å². The van der Waals surface area contributed by atoms with Crippen LogP contribution in [0.5, 0.6) is 0 Å². The van der Waals surface area contributed by atoms with E-state index >= 15 is 0 Å². The molecule has 116 valence electrons. The molecule has 0 aromatic rings. The van der Waals surface area contributed by atoms with Crippen LogP contribution in [-0.2, 0) is 9.59 Å². The van der Waals surface area contributed by atoms with Gasteiger partial charge in [-0.15, -0.1) is 0 Å².